The Balaban J connectivity index is 1.31. The first-order chi connectivity index (χ1) is 21.1. The second kappa shape index (κ2) is 18.6. The molecule has 1 saturated carbocycles. The first kappa shape index (κ1) is 35.3. The van der Waals surface area contributed by atoms with Crippen molar-refractivity contribution in [2.75, 3.05) is 0 Å². The number of amides is 1. The summed E-state index contributed by atoms with van der Waals surface area (Å²) in [7, 11) is 0. The molecule has 0 saturated heterocycles. The lowest BCUT2D eigenvalue weighted by atomic mass is 9.85. The molecule has 6 atom stereocenters. The number of hydrogen-bond acceptors (Lipinski definition) is 10. The fourth-order valence-corrected chi connectivity index (χ4v) is 5.53. The van der Waals surface area contributed by atoms with Crippen molar-refractivity contribution in [1.82, 2.24) is 10.7 Å². The standard InChI is InChI=1S/C33H46N2O9/c1-23(33(40)44-27-18-14-25(15-19-27)22-43-35(41)42)34-32(39)12-8-3-2-7-11-28-29(31(38)21-30(28)37)20-17-26(36)16-13-24-9-5-4-6-10-24/h2,4-7,9-10,14-15,18-19,23,26,28-31,36-38,41-42H,3,8,11-13,16-17,20-22H2,1H3,(H,34,39)/b7-2-/t23?,26-,28+,29+,30-,31+/m0/s1. The Labute approximate surface area is 258 Å². The van der Waals surface area contributed by atoms with Crippen LogP contribution in [-0.4, -0.2) is 67.4 Å². The lowest BCUT2D eigenvalue weighted by Crippen LogP contribution is -2.40. The van der Waals surface area contributed by atoms with Gasteiger partial charge in [-0.3, -0.25) is 15.2 Å². The van der Waals surface area contributed by atoms with Crippen molar-refractivity contribution < 1.29 is 44.9 Å². The lowest BCUT2D eigenvalue weighted by molar-refractivity contribution is -0.497. The van der Waals surface area contributed by atoms with Crippen molar-refractivity contribution in [2.45, 2.75) is 95.7 Å². The van der Waals surface area contributed by atoms with E-state index in [2.05, 4.69) is 10.2 Å². The zero-order valence-corrected chi connectivity index (χ0v) is 25.2. The summed E-state index contributed by atoms with van der Waals surface area (Å²) in [5, 5.41) is 51.0. The number of nitrogens with zero attached hydrogens (tertiary/aromatic N) is 1. The predicted octanol–water partition coefficient (Wildman–Crippen LogP) is 3.86. The fourth-order valence-electron chi connectivity index (χ4n) is 5.53. The number of hydrogen-bond donors (Lipinski definition) is 6. The Bertz CT molecular complexity index is 1160. The van der Waals surface area contributed by atoms with E-state index in [1.54, 1.807) is 19.1 Å². The molecule has 2 aromatic rings. The maximum absolute atomic E-state index is 12.3. The molecule has 6 N–H and O–H groups in total. The van der Waals surface area contributed by atoms with Gasteiger partial charge in [-0.05, 0) is 93.4 Å². The Morgan fingerprint density at radius 3 is 2.39 bits per heavy atom. The van der Waals surface area contributed by atoms with Crippen LogP contribution in [0.5, 0.6) is 5.75 Å². The van der Waals surface area contributed by atoms with Crippen LogP contribution in [-0.2, 0) is 27.5 Å². The first-order valence-corrected chi connectivity index (χ1v) is 15.3. The number of benzene rings is 2. The minimum absolute atomic E-state index is 0.0708. The van der Waals surface area contributed by atoms with Crippen molar-refractivity contribution in [2.24, 2.45) is 11.8 Å². The quantitative estimate of drug-likeness (QED) is 0.0477. The van der Waals surface area contributed by atoms with Crippen LogP contribution in [0, 0.1) is 11.8 Å². The lowest BCUT2D eigenvalue weighted by Gasteiger charge is -2.23. The summed E-state index contributed by atoms with van der Waals surface area (Å²) in [5.74, 6) is -0.758. The van der Waals surface area contributed by atoms with E-state index in [1.165, 1.54) is 17.7 Å². The summed E-state index contributed by atoms with van der Waals surface area (Å²) in [6, 6.07) is 15.4. The zero-order chi connectivity index (χ0) is 31.9. The SMILES string of the molecule is CC(NC(=O)CCC/C=C\C[C@@H]1[C@@H](CC[C@@H](O)CCc2ccccc2)[C@H](O)C[C@@H]1O)C(=O)Oc1ccc(CON(O)O)cc1. The molecule has 1 aliphatic carbocycles. The van der Waals surface area contributed by atoms with Crippen molar-refractivity contribution in [3.63, 3.8) is 0 Å². The van der Waals surface area contributed by atoms with E-state index in [1.807, 2.05) is 42.5 Å². The molecule has 242 valence electrons. The van der Waals surface area contributed by atoms with Gasteiger partial charge in [0.15, 0.2) is 0 Å². The number of rotatable bonds is 18. The average molecular weight is 615 g/mol. The molecule has 1 aliphatic rings. The van der Waals surface area contributed by atoms with Crippen LogP contribution in [0.2, 0.25) is 0 Å². The normalized spacial score (nSPS) is 21.4. The van der Waals surface area contributed by atoms with Gasteiger partial charge in [0.2, 0.25) is 5.91 Å². The number of carbonyl (C=O) groups excluding carboxylic acids is 2. The molecule has 0 aliphatic heterocycles. The molecular weight excluding hydrogens is 568 g/mol. The molecule has 2 aromatic carbocycles. The third-order valence-electron chi connectivity index (χ3n) is 8.03. The molecule has 1 unspecified atom stereocenters. The van der Waals surface area contributed by atoms with Crippen LogP contribution in [0.3, 0.4) is 0 Å². The molecular formula is C33H46N2O9. The highest BCUT2D eigenvalue weighted by Crippen LogP contribution is 2.38. The second-order valence-corrected chi connectivity index (χ2v) is 11.4. The molecule has 0 spiro atoms. The van der Waals surface area contributed by atoms with E-state index in [0.29, 0.717) is 50.5 Å². The molecule has 1 fully saturated rings. The average Bonchev–Trinajstić information content (AvgIpc) is 3.27. The minimum atomic E-state index is -0.845. The number of allylic oxidation sites excluding steroid dienone is 2. The van der Waals surface area contributed by atoms with E-state index >= 15 is 0 Å². The summed E-state index contributed by atoms with van der Waals surface area (Å²) in [5.41, 5.74) is 1.81. The Morgan fingerprint density at radius 2 is 1.68 bits per heavy atom. The number of aryl methyl sites for hydroxylation is 1. The number of ether oxygens (including phenoxy) is 1. The summed E-state index contributed by atoms with van der Waals surface area (Å²) in [6.45, 7) is 1.45. The van der Waals surface area contributed by atoms with Gasteiger partial charge in [0.1, 0.15) is 11.8 Å². The first-order valence-electron chi connectivity index (χ1n) is 15.3. The molecule has 0 heterocycles. The molecule has 3 rings (SSSR count). The smallest absolute Gasteiger partial charge is 0.333 e. The summed E-state index contributed by atoms with van der Waals surface area (Å²) in [4.78, 5) is 29.2. The van der Waals surface area contributed by atoms with Gasteiger partial charge in [0, 0.05) is 6.42 Å². The molecule has 0 aromatic heterocycles. The number of nitrogens with one attached hydrogen (secondary N) is 1. The topological polar surface area (TPSA) is 169 Å². The Kier molecular flexibility index (Phi) is 14.9. The van der Waals surface area contributed by atoms with Crippen LogP contribution in [0.4, 0.5) is 0 Å². The van der Waals surface area contributed by atoms with Gasteiger partial charge in [-0.2, -0.15) is 0 Å². The number of aliphatic hydroxyl groups excluding tert-OH is 3. The van der Waals surface area contributed by atoms with Gasteiger partial charge in [-0.25, -0.2) is 9.63 Å². The number of esters is 1. The molecule has 1 amide bonds. The van der Waals surface area contributed by atoms with Crippen LogP contribution < -0.4 is 10.1 Å². The van der Waals surface area contributed by atoms with Crippen molar-refractivity contribution >= 4 is 11.9 Å². The predicted molar refractivity (Wildman–Crippen MR) is 161 cm³/mol. The largest absolute Gasteiger partial charge is 0.425 e. The highest BCUT2D eigenvalue weighted by molar-refractivity contribution is 5.85. The van der Waals surface area contributed by atoms with Gasteiger partial charge in [-0.1, -0.05) is 54.6 Å². The number of carbonyl (C=O) groups is 2. The third kappa shape index (κ3) is 12.4. The van der Waals surface area contributed by atoms with Gasteiger partial charge in [0.05, 0.1) is 30.3 Å². The van der Waals surface area contributed by atoms with E-state index in [9.17, 15) is 24.9 Å². The molecule has 44 heavy (non-hydrogen) atoms. The van der Waals surface area contributed by atoms with E-state index in [4.69, 9.17) is 15.2 Å². The highest BCUT2D eigenvalue weighted by atomic mass is 17.1. The maximum atomic E-state index is 12.3. The highest BCUT2D eigenvalue weighted by Gasteiger charge is 2.40. The van der Waals surface area contributed by atoms with Gasteiger partial charge in [0.25, 0.3) is 0 Å². The molecule has 11 nitrogen and oxygen atoms in total. The Morgan fingerprint density at radius 1 is 0.977 bits per heavy atom. The van der Waals surface area contributed by atoms with E-state index in [0.717, 1.165) is 6.42 Å². The summed E-state index contributed by atoms with van der Waals surface area (Å²) < 4.78 is 5.28. The molecule has 11 heteroatoms. The van der Waals surface area contributed by atoms with Crippen molar-refractivity contribution in [1.29, 1.82) is 0 Å². The van der Waals surface area contributed by atoms with E-state index in [-0.39, 0.29) is 41.9 Å². The van der Waals surface area contributed by atoms with Crippen LogP contribution in [0.1, 0.15) is 69.4 Å². The second-order valence-electron chi connectivity index (χ2n) is 11.4. The van der Waals surface area contributed by atoms with Crippen LogP contribution >= 0.6 is 0 Å². The van der Waals surface area contributed by atoms with Gasteiger partial charge < -0.3 is 25.4 Å². The Hall–Kier alpha value is -3.16. The van der Waals surface area contributed by atoms with Crippen molar-refractivity contribution in [3.8, 4) is 5.75 Å². The zero-order valence-electron chi connectivity index (χ0n) is 25.2. The molecule has 0 radical (unpaired) electrons. The van der Waals surface area contributed by atoms with Crippen LogP contribution in [0.15, 0.2) is 66.7 Å². The monoisotopic (exact) mass is 614 g/mol. The summed E-state index contributed by atoms with van der Waals surface area (Å²) in [6.07, 6.45) is 7.48. The third-order valence-corrected chi connectivity index (χ3v) is 8.03. The minimum Gasteiger partial charge on any atom is -0.425 e. The summed E-state index contributed by atoms with van der Waals surface area (Å²) >= 11 is 0. The molecule has 0 bridgehead atoms. The maximum Gasteiger partial charge on any atom is 0.333 e. The van der Waals surface area contributed by atoms with Crippen molar-refractivity contribution in [3.05, 3.63) is 77.9 Å². The van der Waals surface area contributed by atoms with E-state index < -0.39 is 30.3 Å². The number of aliphatic hydroxyl groups is 3. The van der Waals surface area contributed by atoms with Crippen LogP contribution in [0.25, 0.3) is 0 Å². The van der Waals surface area contributed by atoms with Gasteiger partial charge >= 0.3 is 5.97 Å². The number of unbranched alkanes of at least 4 members (excludes halogenated alkanes) is 1. The fraction of sp³-hybridized carbons (Fsp3) is 0.515. The van der Waals surface area contributed by atoms with Gasteiger partial charge in [-0.15, -0.1) is 0 Å².